The number of ether oxygens (including phenoxy) is 2. The molecule has 7 nitrogen and oxygen atoms in total. The van der Waals surface area contributed by atoms with Crippen LogP contribution in [0.15, 0.2) is 41.3 Å². The normalized spacial score (nSPS) is 11.9. The first-order valence-electron chi connectivity index (χ1n) is 7.73. The van der Waals surface area contributed by atoms with Gasteiger partial charge in [0.1, 0.15) is 15.9 Å². The maximum atomic E-state index is 12.5. The zero-order valence-corrected chi connectivity index (χ0v) is 15.7. The second-order valence-electron chi connectivity index (χ2n) is 5.40. The van der Waals surface area contributed by atoms with Gasteiger partial charge in [0.05, 0.1) is 18.8 Å². The molecule has 0 saturated carbocycles. The molecule has 3 rings (SSSR count). The highest BCUT2D eigenvalue weighted by Crippen LogP contribution is 2.29. The van der Waals surface area contributed by atoms with Crippen LogP contribution in [-0.4, -0.2) is 37.4 Å². The van der Waals surface area contributed by atoms with E-state index in [1.54, 1.807) is 18.2 Å². The van der Waals surface area contributed by atoms with Crippen molar-refractivity contribution in [2.45, 2.75) is 17.9 Å². The number of nitrogens with zero attached hydrogens (tertiary/aromatic N) is 2. The predicted octanol–water partition coefficient (Wildman–Crippen LogP) is 2.82. The van der Waals surface area contributed by atoms with Gasteiger partial charge in [0, 0.05) is 6.54 Å². The second kappa shape index (κ2) is 8.11. The largest absolute Gasteiger partial charge is 0.493 e. The molecule has 0 saturated heterocycles. The van der Waals surface area contributed by atoms with Crippen molar-refractivity contribution < 1.29 is 26.7 Å². The lowest BCUT2D eigenvalue weighted by Crippen LogP contribution is -2.26. The zero-order valence-electron chi connectivity index (χ0n) is 14.1. The fourth-order valence-electron chi connectivity index (χ4n) is 2.47. The molecular formula is C16H15F2N3O4S2. The number of methoxy groups -OCH3 is 1. The predicted molar refractivity (Wildman–Crippen MR) is 95.9 cm³/mol. The minimum absolute atomic E-state index is 0.0620. The van der Waals surface area contributed by atoms with Gasteiger partial charge in [0.15, 0.2) is 11.5 Å². The van der Waals surface area contributed by atoms with Crippen molar-refractivity contribution in [1.29, 1.82) is 0 Å². The Bertz CT molecular complexity index is 1040. The molecular weight excluding hydrogens is 400 g/mol. The van der Waals surface area contributed by atoms with Gasteiger partial charge in [0.25, 0.3) is 0 Å². The molecule has 0 radical (unpaired) electrons. The average molecular weight is 415 g/mol. The standard InChI is InChI=1S/C16H15F2N3O4S2/c1-24-13-9-10(5-6-12(13)25-16(17)18)7-8-19-27(22,23)14-4-2-3-11-15(14)21-26-20-11/h2-6,9,16,19H,7-8H2,1H3. The van der Waals surface area contributed by atoms with E-state index < -0.39 is 16.6 Å². The molecule has 0 spiro atoms. The van der Waals surface area contributed by atoms with Crippen LogP contribution < -0.4 is 14.2 Å². The number of alkyl halides is 2. The van der Waals surface area contributed by atoms with Crippen LogP contribution in [0.25, 0.3) is 11.0 Å². The van der Waals surface area contributed by atoms with E-state index in [1.807, 2.05) is 0 Å². The van der Waals surface area contributed by atoms with Gasteiger partial charge in [-0.3, -0.25) is 0 Å². The summed E-state index contributed by atoms with van der Waals surface area (Å²) in [6, 6.07) is 9.21. The van der Waals surface area contributed by atoms with Crippen molar-refractivity contribution in [3.05, 3.63) is 42.0 Å². The van der Waals surface area contributed by atoms with E-state index in [9.17, 15) is 17.2 Å². The lowest BCUT2D eigenvalue weighted by molar-refractivity contribution is -0.0512. The summed E-state index contributed by atoms with van der Waals surface area (Å²) in [5, 5.41) is 0. The van der Waals surface area contributed by atoms with Crippen molar-refractivity contribution in [2.75, 3.05) is 13.7 Å². The minimum atomic E-state index is -3.77. The number of halogens is 2. The van der Waals surface area contributed by atoms with Crippen LogP contribution in [0.2, 0.25) is 0 Å². The maximum Gasteiger partial charge on any atom is 0.387 e. The number of fused-ring (bicyclic) bond motifs is 1. The lowest BCUT2D eigenvalue weighted by Gasteiger charge is -2.12. The summed E-state index contributed by atoms with van der Waals surface area (Å²) in [4.78, 5) is 0.0620. The van der Waals surface area contributed by atoms with E-state index in [1.165, 1.54) is 25.3 Å². The number of nitrogens with one attached hydrogen (secondary N) is 1. The summed E-state index contributed by atoms with van der Waals surface area (Å²) in [6.45, 7) is -2.85. The number of sulfonamides is 1. The first-order valence-corrected chi connectivity index (χ1v) is 9.95. The Morgan fingerprint density at radius 2 is 2.00 bits per heavy atom. The third-order valence-electron chi connectivity index (χ3n) is 3.69. The Labute approximate surface area is 158 Å². The van der Waals surface area contributed by atoms with Crippen molar-refractivity contribution in [1.82, 2.24) is 13.5 Å². The van der Waals surface area contributed by atoms with Gasteiger partial charge in [-0.25, -0.2) is 13.1 Å². The summed E-state index contributed by atoms with van der Waals surface area (Å²) < 4.78 is 69.7. The molecule has 11 heteroatoms. The molecule has 0 amide bonds. The number of rotatable bonds is 8. The SMILES string of the molecule is COc1cc(CCNS(=O)(=O)c2cccc3nsnc23)ccc1OC(F)F. The third kappa shape index (κ3) is 4.49. The molecule has 27 heavy (non-hydrogen) atoms. The van der Waals surface area contributed by atoms with E-state index in [2.05, 4.69) is 18.2 Å². The van der Waals surface area contributed by atoms with Gasteiger partial charge in [-0.05, 0) is 36.2 Å². The van der Waals surface area contributed by atoms with Crippen LogP contribution in [0, 0.1) is 0 Å². The van der Waals surface area contributed by atoms with Crippen molar-refractivity contribution >= 4 is 32.8 Å². The summed E-state index contributed by atoms with van der Waals surface area (Å²) in [6.07, 6.45) is 0.329. The minimum Gasteiger partial charge on any atom is -0.493 e. The van der Waals surface area contributed by atoms with Crippen LogP contribution in [-0.2, 0) is 16.4 Å². The van der Waals surface area contributed by atoms with Crippen molar-refractivity contribution in [3.63, 3.8) is 0 Å². The third-order valence-corrected chi connectivity index (χ3v) is 5.72. The molecule has 1 aromatic heterocycles. The zero-order chi connectivity index (χ0) is 19.4. The maximum absolute atomic E-state index is 12.5. The summed E-state index contributed by atoms with van der Waals surface area (Å²) >= 11 is 0.942. The van der Waals surface area contributed by atoms with Crippen molar-refractivity contribution in [3.8, 4) is 11.5 Å². The van der Waals surface area contributed by atoms with Gasteiger partial charge >= 0.3 is 6.61 Å². The number of aromatic nitrogens is 2. The van der Waals surface area contributed by atoms with Crippen molar-refractivity contribution in [2.24, 2.45) is 0 Å². The molecule has 0 atom stereocenters. The van der Waals surface area contributed by atoms with Gasteiger partial charge in [-0.2, -0.15) is 17.5 Å². The number of hydrogen-bond donors (Lipinski definition) is 1. The summed E-state index contributed by atoms with van der Waals surface area (Å²) in [7, 11) is -2.43. The Balaban J connectivity index is 1.69. The van der Waals surface area contributed by atoms with E-state index >= 15 is 0 Å². The Morgan fingerprint density at radius 3 is 2.74 bits per heavy atom. The summed E-state index contributed by atoms with van der Waals surface area (Å²) in [5.74, 6) is 0.0634. The molecule has 3 aromatic rings. The fraction of sp³-hybridized carbons (Fsp3) is 0.250. The highest BCUT2D eigenvalue weighted by molar-refractivity contribution is 7.89. The second-order valence-corrected chi connectivity index (χ2v) is 7.66. The van der Waals surface area contributed by atoms with Crippen LogP contribution in [0.5, 0.6) is 11.5 Å². The monoisotopic (exact) mass is 415 g/mol. The topological polar surface area (TPSA) is 90.4 Å². The van der Waals surface area contributed by atoms with Gasteiger partial charge in [-0.1, -0.05) is 12.1 Å². The Hall–Kier alpha value is -2.37. The smallest absolute Gasteiger partial charge is 0.387 e. The molecule has 0 bridgehead atoms. The highest BCUT2D eigenvalue weighted by Gasteiger charge is 2.19. The molecule has 2 aromatic carbocycles. The first-order chi connectivity index (χ1) is 12.9. The first kappa shape index (κ1) is 19.4. The lowest BCUT2D eigenvalue weighted by atomic mass is 10.1. The van der Waals surface area contributed by atoms with Crippen LogP contribution >= 0.6 is 11.7 Å². The quantitative estimate of drug-likeness (QED) is 0.609. The molecule has 0 aliphatic heterocycles. The molecule has 1 N–H and O–H groups in total. The Kier molecular flexibility index (Phi) is 5.82. The Morgan fingerprint density at radius 1 is 1.19 bits per heavy atom. The van der Waals surface area contributed by atoms with Crippen LogP contribution in [0.3, 0.4) is 0 Å². The van der Waals surface area contributed by atoms with Gasteiger partial charge in [-0.15, -0.1) is 0 Å². The van der Waals surface area contributed by atoms with E-state index in [0.29, 0.717) is 23.0 Å². The summed E-state index contributed by atoms with van der Waals surface area (Å²) in [5.41, 5.74) is 1.54. The molecule has 0 unspecified atom stereocenters. The fourth-order valence-corrected chi connectivity index (χ4v) is 4.26. The number of benzene rings is 2. The average Bonchev–Trinajstić information content (AvgIpc) is 3.10. The molecule has 1 heterocycles. The van der Waals surface area contributed by atoms with E-state index in [0.717, 1.165) is 11.7 Å². The van der Waals surface area contributed by atoms with Crippen LogP contribution in [0.1, 0.15) is 5.56 Å². The van der Waals surface area contributed by atoms with Gasteiger partial charge in [0.2, 0.25) is 10.0 Å². The van der Waals surface area contributed by atoms with E-state index in [-0.39, 0.29) is 22.9 Å². The van der Waals surface area contributed by atoms with E-state index in [4.69, 9.17) is 4.74 Å². The molecule has 0 fully saturated rings. The van der Waals surface area contributed by atoms with Crippen LogP contribution in [0.4, 0.5) is 8.78 Å². The van der Waals surface area contributed by atoms with Gasteiger partial charge < -0.3 is 9.47 Å². The number of hydrogen-bond acceptors (Lipinski definition) is 7. The highest BCUT2D eigenvalue weighted by atomic mass is 32.2. The molecule has 0 aliphatic rings. The molecule has 0 aliphatic carbocycles. The molecule has 144 valence electrons.